The fourth-order valence-electron chi connectivity index (χ4n) is 2.21. The predicted octanol–water partition coefficient (Wildman–Crippen LogP) is 2.28. The summed E-state index contributed by atoms with van der Waals surface area (Å²) in [6, 6.07) is 13.5. The first-order chi connectivity index (χ1) is 13.4. The van der Waals surface area contributed by atoms with Crippen LogP contribution in [0.5, 0.6) is 11.5 Å². The van der Waals surface area contributed by atoms with E-state index in [1.54, 1.807) is 6.07 Å². The van der Waals surface area contributed by atoms with Crippen molar-refractivity contribution in [1.29, 1.82) is 0 Å². The Morgan fingerprint density at radius 3 is 2.39 bits per heavy atom. The van der Waals surface area contributed by atoms with Crippen LogP contribution in [-0.2, 0) is 16.1 Å². The molecule has 0 radical (unpaired) electrons. The molecule has 0 aliphatic carbocycles. The van der Waals surface area contributed by atoms with E-state index in [9.17, 15) is 14.4 Å². The van der Waals surface area contributed by atoms with Gasteiger partial charge in [0.1, 0.15) is 6.61 Å². The van der Waals surface area contributed by atoms with Crippen molar-refractivity contribution in [2.24, 2.45) is 0 Å². The molecule has 0 bridgehead atoms. The number of methoxy groups -OCH3 is 1. The first-order valence-corrected chi connectivity index (χ1v) is 8.53. The van der Waals surface area contributed by atoms with Gasteiger partial charge in [0.25, 0.3) is 5.91 Å². The molecule has 0 fully saturated rings. The normalized spacial score (nSPS) is 11.1. The van der Waals surface area contributed by atoms with Crippen LogP contribution in [0.1, 0.15) is 22.8 Å². The molecule has 1 atom stereocenters. The first-order valence-electron chi connectivity index (χ1n) is 8.53. The zero-order valence-electron chi connectivity index (χ0n) is 15.9. The number of rotatable bonds is 7. The Kier molecular flexibility index (Phi) is 7.38. The monoisotopic (exact) mass is 386 g/mol. The highest BCUT2D eigenvalue weighted by Gasteiger charge is 2.21. The van der Waals surface area contributed by atoms with E-state index in [-0.39, 0.29) is 5.56 Å². The fourth-order valence-corrected chi connectivity index (χ4v) is 2.21. The van der Waals surface area contributed by atoms with Gasteiger partial charge in [0, 0.05) is 7.05 Å². The number of hydrogen-bond acceptors (Lipinski definition) is 6. The summed E-state index contributed by atoms with van der Waals surface area (Å²) in [5, 5.41) is 4.28. The molecule has 148 valence electrons. The molecule has 3 amide bonds. The number of benzene rings is 2. The van der Waals surface area contributed by atoms with E-state index in [0.717, 1.165) is 5.56 Å². The Balaban J connectivity index is 2.02. The molecule has 0 aliphatic rings. The topological polar surface area (TPSA) is 103 Å². The lowest BCUT2D eigenvalue weighted by Crippen LogP contribution is -2.43. The number of amides is 3. The van der Waals surface area contributed by atoms with Crippen molar-refractivity contribution in [1.82, 2.24) is 10.6 Å². The highest BCUT2D eigenvalue weighted by molar-refractivity contribution is 5.98. The van der Waals surface area contributed by atoms with E-state index >= 15 is 0 Å². The highest BCUT2D eigenvalue weighted by atomic mass is 16.5. The second kappa shape index (κ2) is 9.96. The van der Waals surface area contributed by atoms with Crippen LogP contribution in [0.2, 0.25) is 0 Å². The van der Waals surface area contributed by atoms with Crippen LogP contribution in [0, 0.1) is 0 Å². The van der Waals surface area contributed by atoms with Gasteiger partial charge in [-0.3, -0.25) is 10.1 Å². The summed E-state index contributed by atoms with van der Waals surface area (Å²) in [6.45, 7) is 1.71. The minimum atomic E-state index is -1.15. The number of urea groups is 1. The molecule has 2 aromatic rings. The summed E-state index contributed by atoms with van der Waals surface area (Å²) in [6.07, 6.45) is -1.15. The molecule has 0 saturated carbocycles. The van der Waals surface area contributed by atoms with Gasteiger partial charge in [-0.15, -0.1) is 0 Å². The van der Waals surface area contributed by atoms with Gasteiger partial charge in [-0.1, -0.05) is 30.3 Å². The molecule has 2 rings (SSSR count). The number of ether oxygens (including phenoxy) is 3. The summed E-state index contributed by atoms with van der Waals surface area (Å²) < 4.78 is 16.1. The average Bonchev–Trinajstić information content (AvgIpc) is 2.72. The molecule has 0 aromatic heterocycles. The van der Waals surface area contributed by atoms with Crippen LogP contribution in [-0.4, -0.2) is 38.2 Å². The largest absolute Gasteiger partial charge is 0.493 e. The number of carbonyl (C=O) groups excluding carboxylic acids is 3. The minimum Gasteiger partial charge on any atom is -0.493 e. The average molecular weight is 386 g/mol. The van der Waals surface area contributed by atoms with Gasteiger partial charge in [-0.05, 0) is 30.7 Å². The Labute approximate surface area is 162 Å². The maximum atomic E-state index is 12.3. The maximum Gasteiger partial charge on any atom is 0.339 e. The van der Waals surface area contributed by atoms with Crippen LogP contribution in [0.15, 0.2) is 48.5 Å². The summed E-state index contributed by atoms with van der Waals surface area (Å²) in [4.78, 5) is 35.2. The smallest absolute Gasteiger partial charge is 0.339 e. The summed E-state index contributed by atoms with van der Waals surface area (Å²) >= 11 is 0. The lowest BCUT2D eigenvalue weighted by molar-refractivity contribution is -0.127. The molecule has 8 nitrogen and oxygen atoms in total. The van der Waals surface area contributed by atoms with Crippen LogP contribution >= 0.6 is 0 Å². The van der Waals surface area contributed by atoms with E-state index < -0.39 is 24.0 Å². The molecule has 8 heteroatoms. The third-order valence-corrected chi connectivity index (χ3v) is 3.75. The molecule has 0 unspecified atom stereocenters. The molecule has 0 heterocycles. The quantitative estimate of drug-likeness (QED) is 0.708. The van der Waals surface area contributed by atoms with Crippen molar-refractivity contribution in [3.8, 4) is 11.5 Å². The van der Waals surface area contributed by atoms with Crippen LogP contribution < -0.4 is 20.1 Å². The fraction of sp³-hybridized carbons (Fsp3) is 0.250. The van der Waals surface area contributed by atoms with Crippen molar-refractivity contribution < 1.29 is 28.6 Å². The third-order valence-electron chi connectivity index (χ3n) is 3.75. The highest BCUT2D eigenvalue weighted by Crippen LogP contribution is 2.29. The molecular weight excluding hydrogens is 364 g/mol. The SMILES string of the molecule is CNC(=O)NC(=O)[C@H](C)OC(=O)c1ccc(OCc2ccccc2)c(OC)c1. The molecule has 2 aromatic carbocycles. The standard InChI is InChI=1S/C20H22N2O6/c1-13(18(23)22-20(25)21-2)28-19(24)15-9-10-16(17(11-15)26-3)27-12-14-7-5-4-6-8-14/h4-11,13H,12H2,1-3H3,(H2,21,22,23,25)/t13-/m0/s1. The molecule has 2 N–H and O–H groups in total. The van der Waals surface area contributed by atoms with Crippen molar-refractivity contribution >= 4 is 17.9 Å². The van der Waals surface area contributed by atoms with Gasteiger partial charge >= 0.3 is 12.0 Å². The Hall–Kier alpha value is -3.55. The number of imide groups is 1. The van der Waals surface area contributed by atoms with E-state index in [2.05, 4.69) is 5.32 Å². The second-order valence-electron chi connectivity index (χ2n) is 5.76. The zero-order chi connectivity index (χ0) is 20.5. The lowest BCUT2D eigenvalue weighted by atomic mass is 10.2. The zero-order valence-corrected chi connectivity index (χ0v) is 15.9. The van der Waals surface area contributed by atoms with E-state index in [4.69, 9.17) is 14.2 Å². The van der Waals surface area contributed by atoms with Gasteiger partial charge in [0.05, 0.1) is 12.7 Å². The van der Waals surface area contributed by atoms with Gasteiger partial charge < -0.3 is 19.5 Å². The molecule has 0 aliphatic heterocycles. The van der Waals surface area contributed by atoms with Crippen molar-refractivity contribution in [3.63, 3.8) is 0 Å². The number of esters is 1. The van der Waals surface area contributed by atoms with E-state index in [1.807, 2.05) is 35.6 Å². The Bertz CT molecular complexity index is 838. The summed E-state index contributed by atoms with van der Waals surface area (Å²) in [5.41, 5.74) is 1.17. The van der Waals surface area contributed by atoms with Gasteiger partial charge in [0.2, 0.25) is 0 Å². The van der Waals surface area contributed by atoms with Crippen LogP contribution in [0.25, 0.3) is 0 Å². The first kappa shape index (κ1) is 20.8. The molecular formula is C20H22N2O6. The van der Waals surface area contributed by atoms with E-state index in [0.29, 0.717) is 18.1 Å². The molecule has 28 heavy (non-hydrogen) atoms. The van der Waals surface area contributed by atoms with Gasteiger partial charge in [0.15, 0.2) is 17.6 Å². The summed E-state index contributed by atoms with van der Waals surface area (Å²) in [5.74, 6) is -0.642. The number of carbonyl (C=O) groups is 3. The second-order valence-corrected chi connectivity index (χ2v) is 5.76. The number of nitrogens with one attached hydrogen (secondary N) is 2. The third kappa shape index (κ3) is 5.73. The van der Waals surface area contributed by atoms with Crippen molar-refractivity contribution in [2.45, 2.75) is 19.6 Å². The van der Waals surface area contributed by atoms with Gasteiger partial charge in [-0.2, -0.15) is 0 Å². The maximum absolute atomic E-state index is 12.3. The van der Waals surface area contributed by atoms with E-state index in [1.165, 1.54) is 33.2 Å². The minimum absolute atomic E-state index is 0.184. The Morgan fingerprint density at radius 1 is 1.04 bits per heavy atom. The van der Waals surface area contributed by atoms with Crippen molar-refractivity contribution in [3.05, 3.63) is 59.7 Å². The number of hydrogen-bond donors (Lipinski definition) is 2. The Morgan fingerprint density at radius 2 is 1.75 bits per heavy atom. The van der Waals surface area contributed by atoms with Crippen LogP contribution in [0.4, 0.5) is 4.79 Å². The predicted molar refractivity (Wildman–Crippen MR) is 101 cm³/mol. The summed E-state index contributed by atoms with van der Waals surface area (Å²) in [7, 11) is 2.83. The van der Waals surface area contributed by atoms with Crippen LogP contribution in [0.3, 0.4) is 0 Å². The molecule has 0 spiro atoms. The lowest BCUT2D eigenvalue weighted by Gasteiger charge is -2.14. The molecule has 0 saturated heterocycles. The van der Waals surface area contributed by atoms with Crippen molar-refractivity contribution in [2.75, 3.05) is 14.2 Å². The van der Waals surface area contributed by atoms with Gasteiger partial charge in [-0.25, -0.2) is 9.59 Å².